The first-order valence-electron chi connectivity index (χ1n) is 4.19. The Morgan fingerprint density at radius 2 is 1.94 bits per heavy atom. The lowest BCUT2D eigenvalue weighted by atomic mass is 10.1. The van der Waals surface area contributed by atoms with Gasteiger partial charge in [-0.3, -0.25) is 5.43 Å². The minimum atomic E-state index is -4.35. The second-order valence-corrected chi connectivity index (χ2v) is 4.29. The molecular formula is C8H6F3IN4. The number of hydrazine groups is 2. The minimum Gasteiger partial charge on any atom is -0.285 e. The van der Waals surface area contributed by atoms with Gasteiger partial charge in [0, 0.05) is 9.13 Å². The van der Waals surface area contributed by atoms with Crippen molar-refractivity contribution in [1.29, 1.82) is 0 Å². The Kier molecular flexibility index (Phi) is 2.93. The molecule has 0 radical (unpaired) electrons. The van der Waals surface area contributed by atoms with Crippen molar-refractivity contribution in [2.75, 3.05) is 0 Å². The van der Waals surface area contributed by atoms with Crippen LogP contribution in [0.1, 0.15) is 11.1 Å². The van der Waals surface area contributed by atoms with Gasteiger partial charge in [-0.25, -0.2) is 5.53 Å². The van der Waals surface area contributed by atoms with Gasteiger partial charge >= 0.3 is 6.18 Å². The first-order valence-corrected chi connectivity index (χ1v) is 5.26. The third-order valence-corrected chi connectivity index (χ3v) is 2.53. The zero-order valence-corrected chi connectivity index (χ0v) is 9.85. The van der Waals surface area contributed by atoms with Crippen LogP contribution in [0.3, 0.4) is 0 Å². The molecule has 0 bridgehead atoms. The summed E-state index contributed by atoms with van der Waals surface area (Å²) in [4.78, 5) is 0. The van der Waals surface area contributed by atoms with E-state index in [-0.39, 0.29) is 0 Å². The number of halogens is 4. The van der Waals surface area contributed by atoms with Crippen LogP contribution < -0.4 is 16.5 Å². The maximum Gasteiger partial charge on any atom is 0.416 e. The molecule has 1 aliphatic heterocycles. The number of hydrogen-bond acceptors (Lipinski definition) is 4. The number of amidine groups is 1. The second-order valence-electron chi connectivity index (χ2n) is 3.05. The summed E-state index contributed by atoms with van der Waals surface area (Å²) in [6.45, 7) is 0. The highest BCUT2D eigenvalue weighted by Gasteiger charge is 2.31. The van der Waals surface area contributed by atoms with Gasteiger partial charge in [-0.05, 0) is 40.8 Å². The molecule has 3 N–H and O–H groups in total. The van der Waals surface area contributed by atoms with Crippen molar-refractivity contribution in [3.05, 3.63) is 32.9 Å². The monoisotopic (exact) mass is 342 g/mol. The lowest BCUT2D eigenvalue weighted by Crippen LogP contribution is -2.35. The van der Waals surface area contributed by atoms with E-state index in [1.165, 1.54) is 0 Å². The fraction of sp³-hybridized carbons (Fsp3) is 0.125. The molecule has 1 aromatic carbocycles. The molecule has 1 aromatic rings. The zero-order chi connectivity index (χ0) is 11.8. The van der Waals surface area contributed by atoms with Gasteiger partial charge in [0.15, 0.2) is 5.84 Å². The third-order valence-electron chi connectivity index (χ3n) is 1.90. The molecule has 0 saturated heterocycles. The van der Waals surface area contributed by atoms with Crippen molar-refractivity contribution in [2.24, 2.45) is 5.10 Å². The summed E-state index contributed by atoms with van der Waals surface area (Å²) in [7, 11) is 0. The van der Waals surface area contributed by atoms with E-state index in [1.807, 2.05) is 22.6 Å². The molecule has 0 saturated carbocycles. The minimum absolute atomic E-state index is 0.323. The Bertz CT molecular complexity index is 443. The van der Waals surface area contributed by atoms with Crippen molar-refractivity contribution in [2.45, 2.75) is 6.18 Å². The third kappa shape index (κ3) is 2.38. The molecule has 4 nitrogen and oxygen atoms in total. The molecular weight excluding hydrogens is 336 g/mol. The van der Waals surface area contributed by atoms with Crippen LogP contribution >= 0.6 is 22.6 Å². The van der Waals surface area contributed by atoms with Crippen molar-refractivity contribution in [1.82, 2.24) is 16.5 Å². The molecule has 86 valence electrons. The predicted molar refractivity (Wildman–Crippen MR) is 60.1 cm³/mol. The number of benzene rings is 1. The standard InChI is InChI=1S/C8H6F3IN4/c9-8(10,11)5-1-4(2-6(12)3-5)7-13-15-16-14-7/h1-3,15-16H,(H,13,14). The number of nitrogens with zero attached hydrogens (tertiary/aromatic N) is 1. The summed E-state index contributed by atoms with van der Waals surface area (Å²) < 4.78 is 38.1. The van der Waals surface area contributed by atoms with Crippen LogP contribution in [-0.4, -0.2) is 5.84 Å². The van der Waals surface area contributed by atoms with Crippen LogP contribution in [0.5, 0.6) is 0 Å². The van der Waals surface area contributed by atoms with Crippen LogP contribution in [-0.2, 0) is 6.18 Å². The quantitative estimate of drug-likeness (QED) is 0.680. The number of hydrogen-bond donors (Lipinski definition) is 3. The molecule has 1 aliphatic rings. The molecule has 2 rings (SSSR count). The Morgan fingerprint density at radius 3 is 2.50 bits per heavy atom. The largest absolute Gasteiger partial charge is 0.416 e. The van der Waals surface area contributed by atoms with E-state index in [1.54, 1.807) is 6.07 Å². The van der Waals surface area contributed by atoms with Crippen molar-refractivity contribution in [3.8, 4) is 0 Å². The van der Waals surface area contributed by atoms with Gasteiger partial charge in [-0.2, -0.15) is 13.2 Å². The van der Waals surface area contributed by atoms with Gasteiger partial charge < -0.3 is 0 Å². The zero-order valence-electron chi connectivity index (χ0n) is 7.69. The molecule has 0 amide bonds. The average Bonchev–Trinajstić information content (AvgIpc) is 2.68. The summed E-state index contributed by atoms with van der Waals surface area (Å²) in [5.41, 5.74) is 7.13. The van der Waals surface area contributed by atoms with E-state index in [9.17, 15) is 13.2 Å². The fourth-order valence-corrected chi connectivity index (χ4v) is 1.90. The maximum absolute atomic E-state index is 12.5. The Morgan fingerprint density at radius 1 is 1.19 bits per heavy atom. The van der Waals surface area contributed by atoms with E-state index in [0.717, 1.165) is 12.1 Å². The highest BCUT2D eigenvalue weighted by molar-refractivity contribution is 14.1. The summed E-state index contributed by atoms with van der Waals surface area (Å²) in [6, 6.07) is 3.74. The lowest BCUT2D eigenvalue weighted by molar-refractivity contribution is -0.137. The fourth-order valence-electron chi connectivity index (χ4n) is 1.23. The van der Waals surface area contributed by atoms with Crippen LogP contribution in [0.4, 0.5) is 13.2 Å². The number of alkyl halides is 3. The molecule has 0 aromatic heterocycles. The van der Waals surface area contributed by atoms with Gasteiger partial charge in [0.05, 0.1) is 5.56 Å². The molecule has 8 heteroatoms. The predicted octanol–water partition coefficient (Wildman–Crippen LogP) is 1.58. The lowest BCUT2D eigenvalue weighted by Gasteiger charge is -2.09. The van der Waals surface area contributed by atoms with E-state index in [2.05, 4.69) is 21.6 Å². The summed E-state index contributed by atoms with van der Waals surface area (Å²) in [5, 5.41) is 3.74. The molecule has 1 heterocycles. The molecule has 0 fully saturated rings. The van der Waals surface area contributed by atoms with Crippen LogP contribution in [0.2, 0.25) is 0 Å². The Labute approximate surface area is 102 Å². The first kappa shape index (κ1) is 11.5. The summed E-state index contributed by atoms with van der Waals surface area (Å²) >= 11 is 1.83. The van der Waals surface area contributed by atoms with Crippen molar-refractivity contribution < 1.29 is 13.2 Å². The highest BCUT2D eigenvalue weighted by atomic mass is 127. The SMILES string of the molecule is FC(F)(F)c1cc(I)cc(C2=NNNN2)c1. The van der Waals surface area contributed by atoms with E-state index in [4.69, 9.17) is 0 Å². The Balaban J connectivity index is 2.44. The van der Waals surface area contributed by atoms with Gasteiger partial charge in [-0.15, -0.1) is 10.6 Å². The molecule has 0 atom stereocenters. The Hall–Kier alpha value is -1.03. The van der Waals surface area contributed by atoms with Crippen molar-refractivity contribution in [3.63, 3.8) is 0 Å². The summed E-state index contributed by atoms with van der Waals surface area (Å²) in [5.74, 6) is 0.323. The summed E-state index contributed by atoms with van der Waals surface area (Å²) in [6.07, 6.45) is -4.35. The maximum atomic E-state index is 12.5. The van der Waals surface area contributed by atoms with Gasteiger partial charge in [0.1, 0.15) is 0 Å². The molecule has 16 heavy (non-hydrogen) atoms. The number of nitrogens with one attached hydrogen (secondary N) is 3. The van der Waals surface area contributed by atoms with Crippen LogP contribution in [0.15, 0.2) is 23.3 Å². The van der Waals surface area contributed by atoms with Crippen LogP contribution in [0.25, 0.3) is 0 Å². The highest BCUT2D eigenvalue weighted by Crippen LogP contribution is 2.31. The van der Waals surface area contributed by atoms with Crippen LogP contribution in [0, 0.1) is 3.57 Å². The normalized spacial score (nSPS) is 15.4. The topological polar surface area (TPSA) is 48.5 Å². The van der Waals surface area contributed by atoms with E-state index >= 15 is 0 Å². The van der Waals surface area contributed by atoms with Gasteiger partial charge in [0.2, 0.25) is 0 Å². The number of hydrazone groups is 1. The van der Waals surface area contributed by atoms with Crippen molar-refractivity contribution >= 4 is 28.4 Å². The molecule has 0 unspecified atom stereocenters. The van der Waals surface area contributed by atoms with Gasteiger partial charge in [-0.1, -0.05) is 0 Å². The number of rotatable bonds is 1. The first-order chi connectivity index (χ1) is 7.47. The molecule has 0 aliphatic carbocycles. The van der Waals surface area contributed by atoms with E-state index in [0.29, 0.717) is 15.0 Å². The smallest absolute Gasteiger partial charge is 0.285 e. The van der Waals surface area contributed by atoms with Gasteiger partial charge in [0.25, 0.3) is 0 Å². The average molecular weight is 342 g/mol. The second kappa shape index (κ2) is 4.09. The molecule has 0 spiro atoms. The van der Waals surface area contributed by atoms with E-state index < -0.39 is 11.7 Å².